The predicted octanol–water partition coefficient (Wildman–Crippen LogP) is 6.18. The summed E-state index contributed by atoms with van der Waals surface area (Å²) in [5.74, 6) is -0.602. The van der Waals surface area contributed by atoms with Crippen molar-refractivity contribution in [2.75, 3.05) is 17.1 Å². The average Bonchev–Trinajstić information content (AvgIpc) is 2.82. The van der Waals surface area contributed by atoms with Gasteiger partial charge in [0.1, 0.15) is 6.04 Å². The molecular formula is C25H31Cl4N3O4S. The van der Waals surface area contributed by atoms with Gasteiger partial charge in [-0.15, -0.1) is 0 Å². The number of nitrogens with zero attached hydrogens (tertiary/aromatic N) is 2. The summed E-state index contributed by atoms with van der Waals surface area (Å²) in [5, 5.41) is 4.17. The topological polar surface area (TPSA) is 86.8 Å². The molecule has 1 N–H and O–H groups in total. The van der Waals surface area contributed by atoms with Crippen molar-refractivity contribution in [2.24, 2.45) is 0 Å². The van der Waals surface area contributed by atoms with E-state index in [1.54, 1.807) is 31.2 Å². The molecule has 204 valence electrons. The molecule has 7 nitrogen and oxygen atoms in total. The molecule has 0 aliphatic carbocycles. The van der Waals surface area contributed by atoms with Crippen LogP contribution >= 0.6 is 46.4 Å². The minimum atomic E-state index is -3.70. The van der Waals surface area contributed by atoms with Gasteiger partial charge in [-0.05, 0) is 62.6 Å². The van der Waals surface area contributed by atoms with Crippen LogP contribution in [0, 0.1) is 0 Å². The molecule has 0 aromatic heterocycles. The molecule has 0 heterocycles. The van der Waals surface area contributed by atoms with E-state index in [1.807, 2.05) is 13.8 Å². The van der Waals surface area contributed by atoms with Crippen LogP contribution < -0.4 is 9.62 Å². The van der Waals surface area contributed by atoms with Gasteiger partial charge < -0.3 is 10.2 Å². The number of amides is 2. The Bertz CT molecular complexity index is 1230. The Morgan fingerprint density at radius 3 is 2.22 bits per heavy atom. The van der Waals surface area contributed by atoms with E-state index < -0.39 is 16.1 Å². The predicted molar refractivity (Wildman–Crippen MR) is 152 cm³/mol. The van der Waals surface area contributed by atoms with Crippen molar-refractivity contribution >= 4 is 73.9 Å². The third-order valence-electron chi connectivity index (χ3n) is 5.83. The van der Waals surface area contributed by atoms with Gasteiger partial charge in [-0.3, -0.25) is 13.9 Å². The van der Waals surface area contributed by atoms with Crippen LogP contribution in [0.5, 0.6) is 0 Å². The summed E-state index contributed by atoms with van der Waals surface area (Å²) >= 11 is 24.5. The molecule has 0 aliphatic rings. The molecule has 0 unspecified atom stereocenters. The number of rotatable bonds is 12. The molecule has 2 rings (SSSR count). The zero-order chi connectivity index (χ0) is 27.9. The molecule has 2 aromatic carbocycles. The Morgan fingerprint density at radius 2 is 1.62 bits per heavy atom. The molecule has 0 fully saturated rings. The second-order valence-electron chi connectivity index (χ2n) is 8.80. The maximum absolute atomic E-state index is 13.4. The summed E-state index contributed by atoms with van der Waals surface area (Å²) in [4.78, 5) is 27.7. The molecule has 0 saturated carbocycles. The van der Waals surface area contributed by atoms with E-state index in [2.05, 4.69) is 5.32 Å². The molecule has 0 radical (unpaired) electrons. The van der Waals surface area contributed by atoms with Crippen LogP contribution in [0.25, 0.3) is 0 Å². The second-order valence-corrected chi connectivity index (χ2v) is 12.4. The molecule has 0 aliphatic heterocycles. The first-order valence-electron chi connectivity index (χ1n) is 11.7. The van der Waals surface area contributed by atoms with E-state index in [1.165, 1.54) is 17.0 Å². The highest BCUT2D eigenvalue weighted by Gasteiger charge is 2.27. The van der Waals surface area contributed by atoms with E-state index in [4.69, 9.17) is 46.4 Å². The zero-order valence-corrected chi connectivity index (χ0v) is 24.9. The first-order chi connectivity index (χ1) is 17.2. The number of carbonyl (C=O) groups excluding carboxylic acids is 2. The smallest absolute Gasteiger partial charge is 0.242 e. The van der Waals surface area contributed by atoms with Gasteiger partial charge in [0.15, 0.2) is 0 Å². The Kier molecular flexibility index (Phi) is 11.8. The maximum atomic E-state index is 13.4. The highest BCUT2D eigenvalue weighted by molar-refractivity contribution is 7.92. The van der Waals surface area contributed by atoms with E-state index in [-0.39, 0.29) is 54.5 Å². The fourth-order valence-electron chi connectivity index (χ4n) is 3.54. The molecule has 2 atom stereocenters. The number of sulfonamides is 1. The Morgan fingerprint density at radius 1 is 0.973 bits per heavy atom. The molecule has 0 bridgehead atoms. The quantitative estimate of drug-likeness (QED) is 0.311. The van der Waals surface area contributed by atoms with E-state index >= 15 is 0 Å². The number of halogens is 4. The zero-order valence-electron chi connectivity index (χ0n) is 21.1. The van der Waals surface area contributed by atoms with Gasteiger partial charge in [0, 0.05) is 30.6 Å². The Labute approximate surface area is 239 Å². The molecular weight excluding hydrogens is 580 g/mol. The van der Waals surface area contributed by atoms with Crippen molar-refractivity contribution in [1.29, 1.82) is 0 Å². The lowest BCUT2D eigenvalue weighted by atomic mass is 10.1. The van der Waals surface area contributed by atoms with Gasteiger partial charge >= 0.3 is 0 Å². The number of hydrogen-bond donors (Lipinski definition) is 1. The lowest BCUT2D eigenvalue weighted by molar-refractivity contribution is -0.140. The number of benzene rings is 2. The SMILES string of the molecule is CC[C@H](C)NC(=O)[C@H](C)N(Cc1ccc(Cl)c(Cl)c1)C(=O)CCCN(c1cc(Cl)ccc1Cl)S(C)(=O)=O. The summed E-state index contributed by atoms with van der Waals surface area (Å²) in [6.45, 7) is 5.62. The summed E-state index contributed by atoms with van der Waals surface area (Å²) < 4.78 is 26.1. The van der Waals surface area contributed by atoms with Crippen molar-refractivity contribution < 1.29 is 18.0 Å². The molecule has 0 saturated heterocycles. The third-order valence-corrected chi connectivity index (χ3v) is 8.31. The van der Waals surface area contributed by atoms with Crippen molar-refractivity contribution in [1.82, 2.24) is 10.2 Å². The van der Waals surface area contributed by atoms with Crippen LogP contribution in [0.1, 0.15) is 45.6 Å². The van der Waals surface area contributed by atoms with Crippen LogP contribution in [0.3, 0.4) is 0 Å². The largest absolute Gasteiger partial charge is 0.352 e. The standard InChI is InChI=1S/C25H31Cl4N3O4S/c1-5-16(2)30-25(34)17(3)31(15-18-8-10-20(27)22(29)13-18)24(33)7-6-12-32(37(4,35)36)23-14-19(26)9-11-21(23)28/h8-11,13-14,16-17H,5-7,12,15H2,1-4H3,(H,30,34)/t16-,17-/m0/s1. The molecule has 0 spiro atoms. The first kappa shape index (κ1) is 31.5. The van der Waals surface area contributed by atoms with Crippen LogP contribution in [0.2, 0.25) is 20.1 Å². The summed E-state index contributed by atoms with van der Waals surface area (Å²) in [6, 6.07) is 8.72. The van der Waals surface area contributed by atoms with E-state index in [0.717, 1.165) is 17.0 Å². The molecule has 12 heteroatoms. The van der Waals surface area contributed by atoms with Crippen molar-refractivity contribution in [3.63, 3.8) is 0 Å². The number of anilines is 1. The van der Waals surface area contributed by atoms with Crippen LogP contribution in [0.15, 0.2) is 36.4 Å². The maximum Gasteiger partial charge on any atom is 0.242 e. The van der Waals surface area contributed by atoms with Crippen molar-refractivity contribution in [3.05, 3.63) is 62.1 Å². The second kappa shape index (κ2) is 13.9. The molecule has 37 heavy (non-hydrogen) atoms. The highest BCUT2D eigenvalue weighted by atomic mass is 35.5. The normalized spacial score (nSPS) is 13.1. The fraction of sp³-hybridized carbons (Fsp3) is 0.440. The van der Waals surface area contributed by atoms with Crippen LogP contribution in [-0.2, 0) is 26.2 Å². The minimum absolute atomic E-state index is 0.00129. The van der Waals surface area contributed by atoms with Gasteiger partial charge in [0.2, 0.25) is 21.8 Å². The van der Waals surface area contributed by atoms with Gasteiger partial charge in [0.25, 0.3) is 0 Å². The highest BCUT2D eigenvalue weighted by Crippen LogP contribution is 2.31. The third kappa shape index (κ3) is 9.21. The van der Waals surface area contributed by atoms with Crippen LogP contribution in [0.4, 0.5) is 5.69 Å². The summed E-state index contributed by atoms with van der Waals surface area (Å²) in [7, 11) is -3.70. The summed E-state index contributed by atoms with van der Waals surface area (Å²) in [6.07, 6.45) is 1.98. The fourth-order valence-corrected chi connectivity index (χ4v) is 5.27. The Balaban J connectivity index is 2.24. The van der Waals surface area contributed by atoms with Crippen LogP contribution in [-0.4, -0.2) is 50.0 Å². The minimum Gasteiger partial charge on any atom is -0.352 e. The Hall–Kier alpha value is -1.71. The van der Waals surface area contributed by atoms with Gasteiger partial charge in [0.05, 0.1) is 27.0 Å². The van der Waals surface area contributed by atoms with E-state index in [9.17, 15) is 18.0 Å². The monoisotopic (exact) mass is 609 g/mol. The molecule has 2 aromatic rings. The average molecular weight is 611 g/mol. The lowest BCUT2D eigenvalue weighted by Gasteiger charge is -2.30. The van der Waals surface area contributed by atoms with E-state index in [0.29, 0.717) is 20.6 Å². The van der Waals surface area contributed by atoms with Crippen molar-refractivity contribution in [2.45, 2.75) is 58.7 Å². The number of hydrogen-bond acceptors (Lipinski definition) is 4. The van der Waals surface area contributed by atoms with Gasteiger partial charge in [-0.1, -0.05) is 59.4 Å². The van der Waals surface area contributed by atoms with Crippen molar-refractivity contribution in [3.8, 4) is 0 Å². The molecule has 2 amide bonds. The van der Waals surface area contributed by atoms with Gasteiger partial charge in [-0.2, -0.15) is 0 Å². The lowest BCUT2D eigenvalue weighted by Crippen LogP contribution is -2.49. The number of nitrogens with one attached hydrogen (secondary N) is 1. The van der Waals surface area contributed by atoms with Gasteiger partial charge in [-0.25, -0.2) is 8.42 Å². The summed E-state index contributed by atoms with van der Waals surface area (Å²) in [5.41, 5.74) is 0.937. The first-order valence-corrected chi connectivity index (χ1v) is 15.1. The number of carbonyl (C=O) groups is 2.